The first kappa shape index (κ1) is 12.0. The molecule has 19 heavy (non-hydrogen) atoms. The van der Waals surface area contributed by atoms with Gasteiger partial charge in [0.2, 0.25) is 0 Å². The molecule has 0 amide bonds. The van der Waals surface area contributed by atoms with E-state index in [1.54, 1.807) is 0 Å². The van der Waals surface area contributed by atoms with Gasteiger partial charge in [0.05, 0.1) is 11.8 Å². The summed E-state index contributed by atoms with van der Waals surface area (Å²) in [7, 11) is 0. The Labute approximate surface area is 112 Å². The van der Waals surface area contributed by atoms with Gasteiger partial charge in [-0.3, -0.25) is 0 Å². The Bertz CT molecular complexity index is 532. The number of benzene rings is 1. The predicted molar refractivity (Wildman–Crippen MR) is 75.3 cm³/mol. The summed E-state index contributed by atoms with van der Waals surface area (Å²) in [4.78, 5) is 0. The summed E-state index contributed by atoms with van der Waals surface area (Å²) in [6.07, 6.45) is 2.79. The average molecular weight is 255 g/mol. The van der Waals surface area contributed by atoms with Crippen LogP contribution in [0.15, 0.2) is 36.4 Å². The highest BCUT2D eigenvalue weighted by atomic mass is 16.5. The van der Waals surface area contributed by atoms with Crippen molar-refractivity contribution < 1.29 is 4.74 Å². The SMILES string of the molecule is CCNc1ccc(-c2ccc(OC3CC3)cc2)nn1. The van der Waals surface area contributed by atoms with E-state index in [4.69, 9.17) is 4.74 Å². The molecule has 1 N–H and O–H groups in total. The molecule has 0 spiro atoms. The van der Waals surface area contributed by atoms with Gasteiger partial charge < -0.3 is 10.1 Å². The number of rotatable bonds is 5. The number of ether oxygens (including phenoxy) is 1. The summed E-state index contributed by atoms with van der Waals surface area (Å²) in [5.41, 5.74) is 1.93. The normalized spacial score (nSPS) is 14.2. The van der Waals surface area contributed by atoms with Crippen molar-refractivity contribution >= 4 is 5.82 Å². The van der Waals surface area contributed by atoms with E-state index in [-0.39, 0.29) is 0 Å². The molecule has 4 nitrogen and oxygen atoms in total. The molecular weight excluding hydrogens is 238 g/mol. The van der Waals surface area contributed by atoms with E-state index in [0.29, 0.717) is 6.10 Å². The molecule has 4 heteroatoms. The lowest BCUT2D eigenvalue weighted by atomic mass is 10.1. The first-order valence-electron chi connectivity index (χ1n) is 6.70. The van der Waals surface area contributed by atoms with Crippen LogP contribution in [0.5, 0.6) is 5.75 Å². The highest BCUT2D eigenvalue weighted by Crippen LogP contribution is 2.28. The van der Waals surface area contributed by atoms with Gasteiger partial charge in [0.15, 0.2) is 0 Å². The van der Waals surface area contributed by atoms with Crippen LogP contribution >= 0.6 is 0 Å². The minimum absolute atomic E-state index is 0.435. The van der Waals surface area contributed by atoms with Crippen LogP contribution in [0, 0.1) is 0 Å². The van der Waals surface area contributed by atoms with Crippen LogP contribution in [0.2, 0.25) is 0 Å². The van der Waals surface area contributed by atoms with Gasteiger partial charge in [-0.2, -0.15) is 0 Å². The Morgan fingerprint density at radius 3 is 2.47 bits per heavy atom. The van der Waals surface area contributed by atoms with E-state index < -0.39 is 0 Å². The molecule has 3 rings (SSSR count). The van der Waals surface area contributed by atoms with Crippen molar-refractivity contribution in [2.45, 2.75) is 25.9 Å². The molecule has 1 aliphatic carbocycles. The zero-order valence-electron chi connectivity index (χ0n) is 11.0. The fourth-order valence-corrected chi connectivity index (χ4v) is 1.84. The third-order valence-corrected chi connectivity index (χ3v) is 3.00. The summed E-state index contributed by atoms with van der Waals surface area (Å²) < 4.78 is 5.72. The zero-order valence-corrected chi connectivity index (χ0v) is 11.0. The van der Waals surface area contributed by atoms with Crippen LogP contribution in [-0.2, 0) is 0 Å². The minimum atomic E-state index is 0.435. The summed E-state index contributed by atoms with van der Waals surface area (Å²) in [6, 6.07) is 12.0. The summed E-state index contributed by atoms with van der Waals surface area (Å²) >= 11 is 0. The molecule has 0 bridgehead atoms. The molecule has 0 saturated heterocycles. The summed E-state index contributed by atoms with van der Waals surface area (Å²) in [6.45, 7) is 2.88. The molecule has 1 saturated carbocycles. The smallest absolute Gasteiger partial charge is 0.148 e. The molecule has 0 radical (unpaired) electrons. The van der Waals surface area contributed by atoms with Crippen LogP contribution in [0.25, 0.3) is 11.3 Å². The molecule has 0 aliphatic heterocycles. The van der Waals surface area contributed by atoms with Crippen molar-refractivity contribution in [3.63, 3.8) is 0 Å². The topological polar surface area (TPSA) is 47.0 Å². The molecule has 1 aromatic carbocycles. The Hall–Kier alpha value is -2.10. The van der Waals surface area contributed by atoms with Gasteiger partial charge in [-0.25, -0.2) is 0 Å². The van der Waals surface area contributed by atoms with Crippen LogP contribution in [0.3, 0.4) is 0 Å². The summed E-state index contributed by atoms with van der Waals surface area (Å²) in [5, 5.41) is 11.5. The Balaban J connectivity index is 1.73. The Morgan fingerprint density at radius 2 is 1.89 bits per heavy atom. The van der Waals surface area contributed by atoms with E-state index in [2.05, 4.69) is 15.5 Å². The van der Waals surface area contributed by atoms with Gasteiger partial charge in [0.25, 0.3) is 0 Å². The second-order valence-corrected chi connectivity index (χ2v) is 4.68. The fourth-order valence-electron chi connectivity index (χ4n) is 1.84. The lowest BCUT2D eigenvalue weighted by Crippen LogP contribution is -2.00. The molecule has 0 atom stereocenters. The van der Waals surface area contributed by atoms with E-state index >= 15 is 0 Å². The predicted octanol–water partition coefficient (Wildman–Crippen LogP) is 3.12. The first-order valence-corrected chi connectivity index (χ1v) is 6.70. The number of anilines is 1. The van der Waals surface area contributed by atoms with Gasteiger partial charge >= 0.3 is 0 Å². The monoisotopic (exact) mass is 255 g/mol. The van der Waals surface area contributed by atoms with E-state index in [1.165, 1.54) is 12.8 Å². The van der Waals surface area contributed by atoms with Crippen LogP contribution in [0.1, 0.15) is 19.8 Å². The van der Waals surface area contributed by atoms with Gasteiger partial charge in [0.1, 0.15) is 11.6 Å². The molecule has 1 heterocycles. The number of hydrogen-bond donors (Lipinski definition) is 1. The second kappa shape index (κ2) is 5.26. The highest BCUT2D eigenvalue weighted by molar-refractivity contribution is 5.60. The van der Waals surface area contributed by atoms with Crippen molar-refractivity contribution in [3.8, 4) is 17.0 Å². The maximum atomic E-state index is 5.72. The van der Waals surface area contributed by atoms with Gasteiger partial charge in [-0.05, 0) is 56.2 Å². The molecule has 1 aliphatic rings. The minimum Gasteiger partial charge on any atom is -0.490 e. The molecule has 1 fully saturated rings. The van der Waals surface area contributed by atoms with E-state index in [1.807, 2.05) is 43.3 Å². The summed E-state index contributed by atoms with van der Waals surface area (Å²) in [5.74, 6) is 1.74. The zero-order chi connectivity index (χ0) is 13.1. The molecular formula is C15H17N3O. The highest BCUT2D eigenvalue weighted by Gasteiger charge is 2.23. The van der Waals surface area contributed by atoms with Gasteiger partial charge in [-0.15, -0.1) is 10.2 Å². The molecule has 2 aromatic rings. The maximum Gasteiger partial charge on any atom is 0.148 e. The fraction of sp³-hybridized carbons (Fsp3) is 0.333. The van der Waals surface area contributed by atoms with Gasteiger partial charge in [-0.1, -0.05) is 0 Å². The Kier molecular flexibility index (Phi) is 3.31. The standard InChI is InChI=1S/C15H17N3O/c1-2-16-15-10-9-14(17-18-15)11-3-5-12(6-4-11)19-13-7-8-13/h3-6,9-10,13H,2,7-8H2,1H3,(H,16,18). The van der Waals surface area contributed by atoms with Crippen LogP contribution in [-0.4, -0.2) is 22.8 Å². The number of hydrogen-bond acceptors (Lipinski definition) is 4. The van der Waals surface area contributed by atoms with Crippen LogP contribution < -0.4 is 10.1 Å². The number of nitrogens with one attached hydrogen (secondary N) is 1. The van der Waals surface area contributed by atoms with Crippen molar-refractivity contribution in [2.75, 3.05) is 11.9 Å². The number of aromatic nitrogens is 2. The lowest BCUT2D eigenvalue weighted by molar-refractivity contribution is 0.303. The van der Waals surface area contributed by atoms with Gasteiger partial charge in [0, 0.05) is 12.1 Å². The molecule has 0 unspecified atom stereocenters. The van der Waals surface area contributed by atoms with E-state index in [9.17, 15) is 0 Å². The van der Waals surface area contributed by atoms with Crippen molar-refractivity contribution in [3.05, 3.63) is 36.4 Å². The third-order valence-electron chi connectivity index (χ3n) is 3.00. The maximum absolute atomic E-state index is 5.72. The van der Waals surface area contributed by atoms with Crippen molar-refractivity contribution in [2.24, 2.45) is 0 Å². The number of nitrogens with zero attached hydrogens (tertiary/aromatic N) is 2. The lowest BCUT2D eigenvalue weighted by Gasteiger charge is -2.06. The first-order chi connectivity index (χ1) is 9.35. The van der Waals surface area contributed by atoms with Crippen molar-refractivity contribution in [1.29, 1.82) is 0 Å². The third kappa shape index (κ3) is 3.02. The average Bonchev–Trinajstić information content (AvgIpc) is 3.25. The second-order valence-electron chi connectivity index (χ2n) is 4.68. The van der Waals surface area contributed by atoms with Crippen LogP contribution in [0.4, 0.5) is 5.82 Å². The largest absolute Gasteiger partial charge is 0.490 e. The Morgan fingerprint density at radius 1 is 1.11 bits per heavy atom. The quantitative estimate of drug-likeness (QED) is 0.891. The van der Waals surface area contributed by atoms with E-state index in [0.717, 1.165) is 29.4 Å². The van der Waals surface area contributed by atoms with Crippen molar-refractivity contribution in [1.82, 2.24) is 10.2 Å². The molecule has 98 valence electrons. The molecule has 1 aromatic heterocycles.